The van der Waals surface area contributed by atoms with Crippen LogP contribution in [0.1, 0.15) is 129 Å². The van der Waals surface area contributed by atoms with E-state index in [1.807, 2.05) is 0 Å². The Hall–Kier alpha value is -1.46. The second-order valence-corrected chi connectivity index (χ2v) is 13.5. The van der Waals surface area contributed by atoms with Crippen molar-refractivity contribution < 1.29 is 65.0 Å². The van der Waals surface area contributed by atoms with Gasteiger partial charge < -0.3 is 60.3 Å². The molecule has 4 unspecified atom stereocenters. The normalized spacial score (nSPS) is 23.6. The molecule has 1 rings (SSSR count). The zero-order valence-electron chi connectivity index (χ0n) is 29.6. The molecule has 0 aliphatic carbocycles. The Morgan fingerprint density at radius 1 is 0.694 bits per heavy atom. The minimum Gasteiger partial charge on any atom is -0.481 e. The predicted octanol–water partition coefficient (Wildman–Crippen LogP) is 1.59. The van der Waals surface area contributed by atoms with Crippen molar-refractivity contribution in [3.63, 3.8) is 0 Å². The molecule has 0 aromatic heterocycles. The first-order valence-electron chi connectivity index (χ1n) is 18.6. The van der Waals surface area contributed by atoms with E-state index >= 15 is 0 Å². The molecule has 0 saturated carbocycles. The van der Waals surface area contributed by atoms with Crippen LogP contribution in [-0.4, -0.2) is 144 Å². The van der Waals surface area contributed by atoms with Gasteiger partial charge in [0.25, 0.3) is 0 Å². The largest absolute Gasteiger partial charge is 0.481 e. The van der Waals surface area contributed by atoms with Gasteiger partial charge in [-0.2, -0.15) is 0 Å². The van der Waals surface area contributed by atoms with E-state index in [-0.39, 0.29) is 25.3 Å². The number of carbonyl (C=O) groups is 2. The Kier molecular flexibility index (Phi) is 25.3. The first kappa shape index (κ1) is 45.6. The van der Waals surface area contributed by atoms with Crippen LogP contribution in [-0.2, 0) is 19.1 Å². The molecule has 1 heterocycles. The van der Waals surface area contributed by atoms with Crippen molar-refractivity contribution in [2.75, 3.05) is 26.3 Å². The number of hydrogen-bond donors (Lipinski definition) is 9. The minimum atomic E-state index is -1.86. The van der Waals surface area contributed by atoms with Crippen molar-refractivity contribution in [2.24, 2.45) is 0 Å². The van der Waals surface area contributed by atoms with Crippen molar-refractivity contribution in [2.45, 2.75) is 184 Å². The molecule has 1 fully saturated rings. The Balaban J connectivity index is 2.78. The van der Waals surface area contributed by atoms with E-state index in [0.29, 0.717) is 25.8 Å². The lowest BCUT2D eigenvalue weighted by Crippen LogP contribution is -2.61. The molecule has 0 aromatic rings. The molecule has 49 heavy (non-hydrogen) atoms. The van der Waals surface area contributed by atoms with E-state index in [0.717, 1.165) is 57.8 Å². The second kappa shape index (κ2) is 27.2. The Morgan fingerprint density at radius 2 is 1.20 bits per heavy atom. The number of carboxylic acid groups (broad SMARTS) is 1. The number of ether oxygens (including phenoxy) is 2. The highest BCUT2D eigenvalue weighted by Gasteiger charge is 2.47. The number of unbranched alkanes of at least 4 members (excludes halogenated alkanes) is 15. The van der Waals surface area contributed by atoms with Crippen molar-refractivity contribution in [1.29, 1.82) is 0 Å². The summed E-state index contributed by atoms with van der Waals surface area (Å²) in [5.74, 6) is -0.960. The highest BCUT2D eigenvalue weighted by atomic mass is 16.7. The number of amides is 1. The van der Waals surface area contributed by atoms with Crippen LogP contribution in [0.4, 0.5) is 0 Å². The number of aliphatic hydroxyl groups is 8. The van der Waals surface area contributed by atoms with Crippen LogP contribution in [0.15, 0.2) is 0 Å². The van der Waals surface area contributed by atoms with Gasteiger partial charge in [-0.15, -0.1) is 0 Å². The van der Waals surface area contributed by atoms with Gasteiger partial charge in [-0.3, -0.25) is 9.59 Å². The molecule has 1 saturated heterocycles. The summed E-state index contributed by atoms with van der Waals surface area (Å²) < 4.78 is 10.8. The molecule has 1 aliphatic rings. The predicted molar refractivity (Wildman–Crippen MR) is 181 cm³/mol. The third-order valence-electron chi connectivity index (χ3n) is 9.26. The Labute approximate surface area is 292 Å². The maximum Gasteiger partial charge on any atom is 0.303 e. The van der Waals surface area contributed by atoms with E-state index in [9.17, 15) is 50.4 Å². The van der Waals surface area contributed by atoms with Crippen molar-refractivity contribution in [1.82, 2.24) is 4.90 Å². The fourth-order valence-electron chi connectivity index (χ4n) is 6.09. The van der Waals surface area contributed by atoms with E-state index in [2.05, 4.69) is 6.92 Å². The smallest absolute Gasteiger partial charge is 0.303 e. The lowest BCUT2D eigenvalue weighted by atomic mass is 9.98. The van der Waals surface area contributed by atoms with Gasteiger partial charge in [0, 0.05) is 25.9 Å². The average molecular weight is 710 g/mol. The van der Waals surface area contributed by atoms with Gasteiger partial charge in [0.1, 0.15) is 48.8 Å². The van der Waals surface area contributed by atoms with Crippen LogP contribution in [0.5, 0.6) is 0 Å². The number of nitrogens with zero attached hydrogens (tertiary/aromatic N) is 1. The number of hydrogen-bond acceptors (Lipinski definition) is 12. The summed E-state index contributed by atoms with van der Waals surface area (Å²) in [5, 5.41) is 91.0. The van der Waals surface area contributed by atoms with Crippen LogP contribution < -0.4 is 0 Å². The lowest BCUT2D eigenvalue weighted by molar-refractivity contribution is -0.327. The van der Waals surface area contributed by atoms with Gasteiger partial charge >= 0.3 is 5.97 Å². The van der Waals surface area contributed by atoms with Crippen LogP contribution >= 0.6 is 0 Å². The number of rotatable bonds is 30. The summed E-state index contributed by atoms with van der Waals surface area (Å²) >= 11 is 0. The van der Waals surface area contributed by atoms with Gasteiger partial charge in [-0.05, 0) is 19.3 Å². The maximum absolute atomic E-state index is 13.3. The molecular formula is C35H67NO13. The third-order valence-corrected chi connectivity index (χ3v) is 9.26. The number of aliphatic hydroxyl groups excluding tert-OH is 8. The minimum absolute atomic E-state index is 0.179. The topological polar surface area (TPSA) is 238 Å². The number of aliphatic carboxylic acids is 1. The summed E-state index contributed by atoms with van der Waals surface area (Å²) in [5.41, 5.74) is 0. The lowest BCUT2D eigenvalue weighted by Gasteiger charge is -2.42. The molecule has 290 valence electrons. The van der Waals surface area contributed by atoms with Crippen molar-refractivity contribution in [3.05, 3.63) is 0 Å². The Bertz CT molecular complexity index is 850. The van der Waals surface area contributed by atoms with E-state index in [4.69, 9.17) is 14.6 Å². The quantitative estimate of drug-likeness (QED) is 0.0483. The summed E-state index contributed by atoms with van der Waals surface area (Å²) in [4.78, 5) is 25.5. The zero-order valence-corrected chi connectivity index (χ0v) is 29.6. The fraction of sp³-hybridized carbons (Fsp3) is 0.943. The molecule has 1 amide bonds. The van der Waals surface area contributed by atoms with Crippen LogP contribution in [0.25, 0.3) is 0 Å². The van der Waals surface area contributed by atoms with Gasteiger partial charge in [-0.25, -0.2) is 0 Å². The van der Waals surface area contributed by atoms with Gasteiger partial charge in [0.05, 0.1) is 13.2 Å². The van der Waals surface area contributed by atoms with Crippen LogP contribution in [0.3, 0.4) is 0 Å². The van der Waals surface area contributed by atoms with Crippen LogP contribution in [0, 0.1) is 0 Å². The van der Waals surface area contributed by atoms with Gasteiger partial charge in [0.2, 0.25) is 5.91 Å². The monoisotopic (exact) mass is 709 g/mol. The van der Waals surface area contributed by atoms with Crippen molar-refractivity contribution >= 4 is 11.9 Å². The molecule has 14 heteroatoms. The summed E-state index contributed by atoms with van der Waals surface area (Å²) in [7, 11) is 0. The first-order valence-corrected chi connectivity index (χ1v) is 18.6. The first-order chi connectivity index (χ1) is 23.5. The van der Waals surface area contributed by atoms with Gasteiger partial charge in [0.15, 0.2) is 6.29 Å². The maximum atomic E-state index is 13.3. The van der Waals surface area contributed by atoms with Crippen molar-refractivity contribution in [3.8, 4) is 0 Å². The molecule has 0 spiro atoms. The molecule has 0 aromatic carbocycles. The molecule has 1 aliphatic heterocycles. The summed E-state index contributed by atoms with van der Waals surface area (Å²) in [6, 6.07) is 0. The van der Waals surface area contributed by atoms with E-state index in [1.54, 1.807) is 0 Å². The summed E-state index contributed by atoms with van der Waals surface area (Å²) in [6.45, 7) is 0.608. The molecular weight excluding hydrogens is 642 g/mol. The number of carboxylic acids is 1. The van der Waals surface area contributed by atoms with Crippen LogP contribution in [0.2, 0.25) is 0 Å². The zero-order chi connectivity index (χ0) is 36.6. The summed E-state index contributed by atoms with van der Waals surface area (Å²) in [6.07, 6.45) is 1.92. The molecule has 0 bridgehead atoms. The highest BCUT2D eigenvalue weighted by Crippen LogP contribution is 2.25. The van der Waals surface area contributed by atoms with E-state index < -0.39 is 74.3 Å². The Morgan fingerprint density at radius 3 is 1.71 bits per heavy atom. The molecule has 9 atom stereocenters. The molecule has 9 N–H and O–H groups in total. The highest BCUT2D eigenvalue weighted by molar-refractivity contribution is 5.76. The number of carbonyl (C=O) groups excluding carboxylic acids is 1. The SMILES string of the molecule is CCCCCCCCCCCC(=O)N(CCCCCCCCCCC(=O)O)CC(O)C(O)C(O[C@@H]1O[C@H](CO)[C@H](O)[C@H](O)[C@H]1O)C(O)CO. The molecule has 14 nitrogen and oxygen atoms in total. The standard InChI is InChI=1S/C35H67NO13/c1-2-3-4-5-6-7-10-13-16-19-28(41)36(21-18-15-12-9-8-11-14-17-20-29(42)43)22-25(39)30(44)34(26(40)23-37)49-35-33(47)32(46)31(45)27(24-38)48-35/h25-27,30-35,37-40,44-47H,2-24H2,1H3,(H,42,43)/t25?,26?,27-,30?,31+,32+,33-,34?,35+/m1/s1. The van der Waals surface area contributed by atoms with Gasteiger partial charge in [-0.1, -0.05) is 96.8 Å². The molecule has 0 radical (unpaired) electrons. The second-order valence-electron chi connectivity index (χ2n) is 13.5. The third kappa shape index (κ3) is 18.6. The average Bonchev–Trinajstić information content (AvgIpc) is 3.08. The fourth-order valence-corrected chi connectivity index (χ4v) is 6.09. The van der Waals surface area contributed by atoms with E-state index in [1.165, 1.54) is 37.0 Å².